The maximum Gasteiger partial charge on any atom is 0.345 e. The smallest absolute Gasteiger partial charge is 0.345 e. The molecule has 0 saturated carbocycles. The largest absolute Gasteiger partial charge is 0.478 e. The van der Waals surface area contributed by atoms with Crippen LogP contribution in [0.4, 0.5) is 0 Å². The van der Waals surface area contributed by atoms with Crippen LogP contribution in [0.3, 0.4) is 0 Å². The van der Waals surface area contributed by atoms with Crippen molar-refractivity contribution in [2.24, 2.45) is 0 Å². The van der Waals surface area contributed by atoms with E-state index in [1.807, 2.05) is 0 Å². The first kappa shape index (κ1) is 22.3. The Kier molecular flexibility index (Phi) is 10.4. The first-order chi connectivity index (χ1) is 12.9. The lowest BCUT2D eigenvalue weighted by molar-refractivity contribution is -0.144. The van der Waals surface area contributed by atoms with Crippen molar-refractivity contribution in [3.8, 4) is 0 Å². The maximum absolute atomic E-state index is 11.9. The fourth-order valence-corrected chi connectivity index (χ4v) is 2.32. The molecule has 1 aromatic carbocycles. The van der Waals surface area contributed by atoms with E-state index in [9.17, 15) is 19.2 Å². The highest BCUT2D eigenvalue weighted by Gasteiger charge is 2.15. The minimum Gasteiger partial charge on any atom is -0.478 e. The van der Waals surface area contributed by atoms with Crippen molar-refractivity contribution in [3.05, 3.63) is 35.4 Å². The van der Waals surface area contributed by atoms with Gasteiger partial charge in [0, 0.05) is 12.8 Å². The summed E-state index contributed by atoms with van der Waals surface area (Å²) in [5, 5.41) is 8.90. The molecule has 0 aliphatic rings. The van der Waals surface area contributed by atoms with Crippen LogP contribution in [0.15, 0.2) is 24.3 Å². The summed E-state index contributed by atoms with van der Waals surface area (Å²) in [4.78, 5) is 46.0. The summed E-state index contributed by atoms with van der Waals surface area (Å²) in [7, 11) is 0. The van der Waals surface area contributed by atoms with E-state index in [-0.39, 0.29) is 29.9 Å². The minimum atomic E-state index is -1.17. The predicted molar refractivity (Wildman–Crippen MR) is 97.4 cm³/mol. The van der Waals surface area contributed by atoms with Gasteiger partial charge in [0.1, 0.15) is 0 Å². The van der Waals surface area contributed by atoms with Crippen LogP contribution in [0.25, 0.3) is 0 Å². The Bertz CT molecular complexity index is 651. The van der Waals surface area contributed by atoms with E-state index in [0.717, 1.165) is 31.7 Å². The Balaban J connectivity index is 2.21. The van der Waals surface area contributed by atoms with Gasteiger partial charge in [0.15, 0.2) is 0 Å². The number of carboxylic acids is 1. The molecule has 0 radical (unpaired) electrons. The average molecular weight is 378 g/mol. The molecule has 0 aromatic heterocycles. The van der Waals surface area contributed by atoms with E-state index >= 15 is 0 Å². The Morgan fingerprint density at radius 1 is 0.889 bits per heavy atom. The monoisotopic (exact) mass is 378 g/mol. The summed E-state index contributed by atoms with van der Waals surface area (Å²) in [6, 6.07) is 5.26. The van der Waals surface area contributed by atoms with Crippen molar-refractivity contribution in [1.82, 2.24) is 0 Å². The molecule has 1 rings (SSSR count). The SMILES string of the molecule is CCCCCCOC(=O)CCCCC(=O)OC(=O)c1cccc(C(=O)O)c1. The van der Waals surface area contributed by atoms with Crippen LogP contribution >= 0.6 is 0 Å². The lowest BCUT2D eigenvalue weighted by Gasteiger charge is -2.05. The van der Waals surface area contributed by atoms with Crippen LogP contribution in [0.5, 0.6) is 0 Å². The number of carbonyl (C=O) groups is 4. The van der Waals surface area contributed by atoms with Gasteiger partial charge in [-0.1, -0.05) is 32.3 Å². The first-order valence-corrected chi connectivity index (χ1v) is 9.18. The average Bonchev–Trinajstić information content (AvgIpc) is 2.65. The Morgan fingerprint density at radius 3 is 2.22 bits per heavy atom. The molecule has 7 heteroatoms. The third kappa shape index (κ3) is 9.53. The molecule has 1 aromatic rings. The summed E-state index contributed by atoms with van der Waals surface area (Å²) in [6.45, 7) is 2.53. The second-order valence-corrected chi connectivity index (χ2v) is 6.14. The number of benzene rings is 1. The fourth-order valence-electron chi connectivity index (χ4n) is 2.32. The standard InChI is InChI=1S/C20H26O7/c1-2-3-4-7-13-26-17(21)11-5-6-12-18(22)27-20(25)16-10-8-9-15(14-16)19(23)24/h8-10,14H,2-7,11-13H2,1H3,(H,23,24). The van der Waals surface area contributed by atoms with Crippen molar-refractivity contribution in [3.63, 3.8) is 0 Å². The highest BCUT2D eigenvalue weighted by atomic mass is 16.6. The van der Waals surface area contributed by atoms with Gasteiger partial charge in [-0.25, -0.2) is 9.59 Å². The quantitative estimate of drug-likeness (QED) is 0.335. The highest BCUT2D eigenvalue weighted by Crippen LogP contribution is 2.09. The van der Waals surface area contributed by atoms with Crippen molar-refractivity contribution in [2.75, 3.05) is 6.61 Å². The summed E-state index contributed by atoms with van der Waals surface area (Å²) in [6.07, 6.45) is 5.22. The Labute approximate surface area is 158 Å². The second-order valence-electron chi connectivity index (χ2n) is 6.14. The van der Waals surface area contributed by atoms with Crippen molar-refractivity contribution in [2.45, 2.75) is 58.3 Å². The van der Waals surface area contributed by atoms with Crippen LogP contribution in [0, 0.1) is 0 Å². The predicted octanol–water partition coefficient (Wildman–Crippen LogP) is 3.75. The molecule has 7 nitrogen and oxygen atoms in total. The van der Waals surface area contributed by atoms with E-state index < -0.39 is 17.9 Å². The van der Waals surface area contributed by atoms with Gasteiger partial charge < -0.3 is 14.6 Å². The van der Waals surface area contributed by atoms with Gasteiger partial charge in [-0.3, -0.25) is 9.59 Å². The van der Waals surface area contributed by atoms with E-state index in [4.69, 9.17) is 14.6 Å². The molecule has 148 valence electrons. The topological polar surface area (TPSA) is 107 Å². The van der Waals surface area contributed by atoms with Gasteiger partial charge in [-0.05, 0) is 37.5 Å². The van der Waals surface area contributed by atoms with Crippen LogP contribution < -0.4 is 0 Å². The molecular formula is C20H26O7. The van der Waals surface area contributed by atoms with Gasteiger partial charge in [0.2, 0.25) is 0 Å². The van der Waals surface area contributed by atoms with Crippen molar-refractivity contribution >= 4 is 23.9 Å². The van der Waals surface area contributed by atoms with E-state index in [2.05, 4.69) is 6.92 Å². The van der Waals surface area contributed by atoms with Crippen LogP contribution in [0.2, 0.25) is 0 Å². The number of carbonyl (C=O) groups excluding carboxylic acids is 3. The highest BCUT2D eigenvalue weighted by molar-refractivity contribution is 5.99. The number of rotatable bonds is 12. The molecule has 0 bridgehead atoms. The molecule has 0 atom stereocenters. The Hall–Kier alpha value is -2.70. The van der Waals surface area contributed by atoms with Gasteiger partial charge >= 0.3 is 23.9 Å². The number of esters is 3. The van der Waals surface area contributed by atoms with Gasteiger partial charge in [-0.15, -0.1) is 0 Å². The normalized spacial score (nSPS) is 10.3. The molecule has 0 aliphatic heterocycles. The van der Waals surface area contributed by atoms with Crippen molar-refractivity contribution in [1.29, 1.82) is 0 Å². The third-order valence-corrected chi connectivity index (χ3v) is 3.82. The van der Waals surface area contributed by atoms with Crippen LogP contribution in [-0.4, -0.2) is 35.6 Å². The molecule has 27 heavy (non-hydrogen) atoms. The molecule has 0 heterocycles. The molecule has 1 N–H and O–H groups in total. The lowest BCUT2D eigenvalue weighted by Crippen LogP contribution is -2.13. The van der Waals surface area contributed by atoms with Gasteiger partial charge in [0.05, 0.1) is 17.7 Å². The molecule has 0 unspecified atom stereocenters. The molecule has 0 aliphatic carbocycles. The number of unbranched alkanes of at least 4 members (excludes halogenated alkanes) is 4. The number of hydrogen-bond donors (Lipinski definition) is 1. The zero-order valence-electron chi connectivity index (χ0n) is 15.6. The van der Waals surface area contributed by atoms with E-state index in [0.29, 0.717) is 19.4 Å². The summed E-state index contributed by atoms with van der Waals surface area (Å²) >= 11 is 0. The summed E-state index contributed by atoms with van der Waals surface area (Å²) < 4.78 is 9.79. The maximum atomic E-state index is 11.9. The third-order valence-electron chi connectivity index (χ3n) is 3.82. The van der Waals surface area contributed by atoms with E-state index in [1.165, 1.54) is 18.2 Å². The molecule has 0 saturated heterocycles. The minimum absolute atomic E-state index is 0.00472. The number of carboxylic acid groups (broad SMARTS) is 1. The fraction of sp³-hybridized carbons (Fsp3) is 0.500. The van der Waals surface area contributed by atoms with Crippen molar-refractivity contribution < 1.29 is 33.8 Å². The molecular weight excluding hydrogens is 352 g/mol. The van der Waals surface area contributed by atoms with E-state index in [1.54, 1.807) is 0 Å². The number of ether oxygens (including phenoxy) is 2. The summed E-state index contributed by atoms with van der Waals surface area (Å²) in [5.41, 5.74) is -0.0694. The van der Waals surface area contributed by atoms with Gasteiger partial charge in [-0.2, -0.15) is 0 Å². The zero-order valence-corrected chi connectivity index (χ0v) is 15.6. The number of hydrogen-bond acceptors (Lipinski definition) is 6. The second kappa shape index (κ2) is 12.6. The lowest BCUT2D eigenvalue weighted by atomic mass is 10.1. The van der Waals surface area contributed by atoms with Gasteiger partial charge in [0.25, 0.3) is 0 Å². The zero-order chi connectivity index (χ0) is 20.1. The first-order valence-electron chi connectivity index (χ1n) is 9.18. The van der Waals surface area contributed by atoms with Crippen LogP contribution in [0.1, 0.15) is 79.0 Å². The molecule has 0 amide bonds. The summed E-state index contributed by atoms with van der Waals surface area (Å²) in [5.74, 6) is -3.07. The number of aromatic carboxylic acids is 1. The molecule has 0 spiro atoms. The molecule has 0 fully saturated rings. The van der Waals surface area contributed by atoms with Crippen LogP contribution in [-0.2, 0) is 19.1 Å². The Morgan fingerprint density at radius 2 is 1.56 bits per heavy atom.